The topological polar surface area (TPSA) is 22.0 Å². The zero-order valence-electron chi connectivity index (χ0n) is 9.08. The van der Waals surface area contributed by atoms with Gasteiger partial charge in [0.05, 0.1) is 11.1 Å². The summed E-state index contributed by atoms with van der Waals surface area (Å²) in [6.45, 7) is 0. The Kier molecular flexibility index (Phi) is 3.28. The van der Waals surface area contributed by atoms with E-state index in [4.69, 9.17) is 0 Å². The summed E-state index contributed by atoms with van der Waals surface area (Å²) in [6.07, 6.45) is -2.76. The first kappa shape index (κ1) is 12.2. The number of halogens is 3. The molecular weight excluding hydrogens is 292 g/mol. The first-order valence-electron chi connectivity index (χ1n) is 5.02. The van der Waals surface area contributed by atoms with Crippen molar-refractivity contribution < 1.29 is 8.78 Å². The van der Waals surface area contributed by atoms with Crippen molar-refractivity contribution in [2.75, 3.05) is 0 Å². The van der Waals surface area contributed by atoms with E-state index in [1.54, 1.807) is 24.3 Å². The van der Waals surface area contributed by atoms with Crippen molar-refractivity contribution in [3.8, 4) is 0 Å². The molecule has 0 bridgehead atoms. The predicted octanol–water partition coefficient (Wildman–Crippen LogP) is 3.37. The lowest BCUT2D eigenvalue weighted by Crippen LogP contribution is -2.23. The Labute approximate surface area is 105 Å². The second-order valence-corrected chi connectivity index (χ2v) is 4.27. The molecule has 0 radical (unpaired) electrons. The fourth-order valence-electron chi connectivity index (χ4n) is 1.95. The molecule has 0 N–H and O–H groups in total. The van der Waals surface area contributed by atoms with Gasteiger partial charge in [0.25, 0.3) is 12.0 Å². The summed E-state index contributed by atoms with van der Waals surface area (Å²) in [5.74, 6) is 0. The molecule has 1 heterocycles. The standard InChI is InChI=1S/C12H10BrF2NO/c1-16-9-5-3-2-4-7(9)8(6-13)10(11(14)15)12(16)17/h2-5,11H,6H2,1H3. The van der Waals surface area contributed by atoms with E-state index < -0.39 is 17.5 Å². The Morgan fingerprint density at radius 2 is 2.00 bits per heavy atom. The number of rotatable bonds is 2. The van der Waals surface area contributed by atoms with Crippen LogP contribution in [0.25, 0.3) is 10.9 Å². The first-order valence-corrected chi connectivity index (χ1v) is 6.14. The fourth-order valence-corrected chi connectivity index (χ4v) is 2.56. The van der Waals surface area contributed by atoms with Gasteiger partial charge in [-0.3, -0.25) is 4.79 Å². The van der Waals surface area contributed by atoms with Crippen molar-refractivity contribution in [2.24, 2.45) is 7.05 Å². The molecule has 0 aliphatic heterocycles. The lowest BCUT2D eigenvalue weighted by molar-refractivity contribution is 0.148. The Balaban J connectivity index is 3.01. The summed E-state index contributed by atoms with van der Waals surface area (Å²) in [4.78, 5) is 11.9. The summed E-state index contributed by atoms with van der Waals surface area (Å²) in [5, 5.41) is 0.922. The second-order valence-electron chi connectivity index (χ2n) is 3.71. The van der Waals surface area contributed by atoms with E-state index in [1.165, 1.54) is 11.6 Å². The highest BCUT2D eigenvalue weighted by Gasteiger charge is 2.21. The molecule has 0 aliphatic carbocycles. The molecule has 1 aromatic heterocycles. The van der Waals surface area contributed by atoms with Crippen LogP contribution >= 0.6 is 15.9 Å². The Morgan fingerprint density at radius 1 is 1.35 bits per heavy atom. The molecule has 0 spiro atoms. The number of fused-ring (bicyclic) bond motifs is 1. The van der Waals surface area contributed by atoms with E-state index in [9.17, 15) is 13.6 Å². The third-order valence-electron chi connectivity index (χ3n) is 2.80. The van der Waals surface area contributed by atoms with Gasteiger partial charge in [0.1, 0.15) is 0 Å². The van der Waals surface area contributed by atoms with E-state index in [1.807, 2.05) is 0 Å². The number of benzene rings is 1. The minimum atomic E-state index is -2.76. The summed E-state index contributed by atoms with van der Waals surface area (Å²) < 4.78 is 27.2. The Hall–Kier alpha value is -1.23. The van der Waals surface area contributed by atoms with E-state index in [0.717, 1.165) is 0 Å². The van der Waals surface area contributed by atoms with Gasteiger partial charge in [-0.05, 0) is 11.6 Å². The second kappa shape index (κ2) is 4.56. The van der Waals surface area contributed by atoms with Crippen LogP contribution in [-0.4, -0.2) is 4.57 Å². The fraction of sp³-hybridized carbons (Fsp3) is 0.250. The van der Waals surface area contributed by atoms with Gasteiger partial charge in [0.2, 0.25) is 0 Å². The summed E-state index contributed by atoms with van der Waals surface area (Å²) in [6, 6.07) is 7.05. The van der Waals surface area contributed by atoms with Crippen molar-refractivity contribution in [1.82, 2.24) is 4.57 Å². The molecule has 0 amide bonds. The van der Waals surface area contributed by atoms with Crippen molar-refractivity contribution >= 4 is 26.8 Å². The highest BCUT2D eigenvalue weighted by molar-refractivity contribution is 9.08. The van der Waals surface area contributed by atoms with Gasteiger partial charge in [-0.15, -0.1) is 0 Å². The maximum Gasteiger partial charge on any atom is 0.269 e. The van der Waals surface area contributed by atoms with Gasteiger partial charge in [-0.25, -0.2) is 8.78 Å². The molecule has 1 aromatic carbocycles. The van der Waals surface area contributed by atoms with Crippen LogP contribution in [0.15, 0.2) is 29.1 Å². The summed E-state index contributed by atoms with van der Waals surface area (Å²) in [5.41, 5.74) is -0.00808. The number of para-hydroxylation sites is 1. The maximum atomic E-state index is 12.9. The van der Waals surface area contributed by atoms with Crippen LogP contribution < -0.4 is 5.56 Å². The largest absolute Gasteiger partial charge is 0.311 e. The highest BCUT2D eigenvalue weighted by Crippen LogP contribution is 2.27. The van der Waals surface area contributed by atoms with Gasteiger partial charge >= 0.3 is 0 Å². The molecule has 0 unspecified atom stereocenters. The van der Waals surface area contributed by atoms with Crippen LogP contribution in [0.3, 0.4) is 0 Å². The van der Waals surface area contributed by atoms with Crippen LogP contribution in [-0.2, 0) is 12.4 Å². The van der Waals surface area contributed by atoms with Crippen LogP contribution in [0.4, 0.5) is 8.78 Å². The number of pyridine rings is 1. The number of alkyl halides is 3. The van der Waals surface area contributed by atoms with Crippen molar-refractivity contribution in [1.29, 1.82) is 0 Å². The van der Waals surface area contributed by atoms with Crippen LogP contribution in [0.1, 0.15) is 17.6 Å². The molecule has 2 nitrogen and oxygen atoms in total. The normalized spacial score (nSPS) is 11.4. The molecule has 0 saturated heterocycles. The number of hydrogen-bond donors (Lipinski definition) is 0. The maximum absolute atomic E-state index is 12.9. The lowest BCUT2D eigenvalue weighted by Gasteiger charge is -2.13. The molecule has 17 heavy (non-hydrogen) atoms. The predicted molar refractivity (Wildman–Crippen MR) is 66.8 cm³/mol. The molecular formula is C12H10BrF2NO. The van der Waals surface area contributed by atoms with E-state index in [-0.39, 0.29) is 5.33 Å². The molecule has 0 aliphatic rings. The van der Waals surface area contributed by atoms with Gasteiger partial charge in [-0.1, -0.05) is 34.1 Å². The molecule has 0 saturated carbocycles. The molecule has 2 aromatic rings. The quantitative estimate of drug-likeness (QED) is 0.780. The van der Waals surface area contributed by atoms with Crippen LogP contribution in [0, 0.1) is 0 Å². The molecule has 0 atom stereocenters. The summed E-state index contributed by atoms with van der Waals surface area (Å²) >= 11 is 3.18. The van der Waals surface area contributed by atoms with E-state index in [0.29, 0.717) is 16.5 Å². The van der Waals surface area contributed by atoms with Gasteiger partial charge < -0.3 is 4.57 Å². The van der Waals surface area contributed by atoms with Crippen LogP contribution in [0.2, 0.25) is 0 Å². The van der Waals surface area contributed by atoms with Crippen molar-refractivity contribution in [3.63, 3.8) is 0 Å². The molecule has 90 valence electrons. The number of hydrogen-bond acceptors (Lipinski definition) is 1. The zero-order chi connectivity index (χ0) is 12.6. The number of nitrogens with zero attached hydrogens (tertiary/aromatic N) is 1. The first-order chi connectivity index (χ1) is 8.07. The third-order valence-corrected chi connectivity index (χ3v) is 3.36. The lowest BCUT2D eigenvalue weighted by atomic mass is 10.0. The van der Waals surface area contributed by atoms with E-state index in [2.05, 4.69) is 15.9 Å². The summed E-state index contributed by atoms with van der Waals surface area (Å²) in [7, 11) is 1.51. The van der Waals surface area contributed by atoms with E-state index >= 15 is 0 Å². The Bertz CT molecular complexity index is 622. The number of aromatic nitrogens is 1. The van der Waals surface area contributed by atoms with Gasteiger partial charge in [0, 0.05) is 17.8 Å². The zero-order valence-corrected chi connectivity index (χ0v) is 10.7. The van der Waals surface area contributed by atoms with Crippen molar-refractivity contribution in [3.05, 3.63) is 45.7 Å². The Morgan fingerprint density at radius 3 is 2.59 bits per heavy atom. The molecule has 5 heteroatoms. The average molecular weight is 302 g/mol. The highest BCUT2D eigenvalue weighted by atomic mass is 79.9. The van der Waals surface area contributed by atoms with Crippen LogP contribution in [0.5, 0.6) is 0 Å². The molecule has 0 fully saturated rings. The van der Waals surface area contributed by atoms with Gasteiger partial charge in [-0.2, -0.15) is 0 Å². The number of aryl methyl sites for hydroxylation is 1. The molecule has 2 rings (SSSR count). The van der Waals surface area contributed by atoms with Gasteiger partial charge in [0.15, 0.2) is 0 Å². The monoisotopic (exact) mass is 301 g/mol. The third kappa shape index (κ3) is 1.88. The van der Waals surface area contributed by atoms with Crippen molar-refractivity contribution in [2.45, 2.75) is 11.8 Å². The minimum absolute atomic E-state index is 0.239. The SMILES string of the molecule is Cn1c(=O)c(C(F)F)c(CBr)c2ccccc21. The smallest absolute Gasteiger partial charge is 0.269 e. The average Bonchev–Trinajstić information content (AvgIpc) is 2.33. The minimum Gasteiger partial charge on any atom is -0.311 e.